The van der Waals surface area contributed by atoms with Crippen LogP contribution in [0.1, 0.15) is 118 Å². The van der Waals surface area contributed by atoms with Crippen molar-refractivity contribution < 1.29 is 19.7 Å². The van der Waals surface area contributed by atoms with Crippen molar-refractivity contribution >= 4 is 5.97 Å². The average Bonchev–Trinajstić information content (AvgIpc) is 2.63. The molecule has 0 rings (SSSR count). The van der Waals surface area contributed by atoms with Crippen LogP contribution in [0.3, 0.4) is 0 Å². The summed E-state index contributed by atoms with van der Waals surface area (Å²) in [6, 6.07) is 0. The fourth-order valence-electron chi connectivity index (χ4n) is 2.66. The molecule has 0 bridgehead atoms. The van der Waals surface area contributed by atoms with Gasteiger partial charge in [0.15, 0.2) is 0 Å². The van der Waals surface area contributed by atoms with E-state index in [9.17, 15) is 4.79 Å². The maximum absolute atomic E-state index is 11.6. The highest BCUT2D eigenvalue weighted by molar-refractivity contribution is 5.69. The van der Waals surface area contributed by atoms with Crippen LogP contribution in [0, 0.1) is 5.41 Å². The monoisotopic (exact) mass is 388 g/mol. The van der Waals surface area contributed by atoms with Gasteiger partial charge in [-0.25, -0.2) is 0 Å². The second kappa shape index (κ2) is 21.7. The molecule has 0 amide bonds. The molecule has 0 aliphatic carbocycles. The summed E-state index contributed by atoms with van der Waals surface area (Å²) in [7, 11) is 0. The number of aliphatic hydroxyl groups is 2. The molecule has 4 nitrogen and oxygen atoms in total. The molecule has 0 unspecified atom stereocenters. The Labute approximate surface area is 169 Å². The van der Waals surface area contributed by atoms with Crippen molar-refractivity contribution in [2.24, 2.45) is 5.41 Å². The molecule has 0 aliphatic rings. The standard InChI is InChI=1S/C21H42O2.C2H6O2/c1-5-6-7-8-9-10-11-12-13-14-15-16-17-18-20(22)23-19-21(2,3)4;3-1-2-4/h5-19H2,1-4H3;3-4H,1-2H2. The lowest BCUT2D eigenvalue weighted by Gasteiger charge is -2.17. The van der Waals surface area contributed by atoms with Crippen LogP contribution in [-0.4, -0.2) is 36.0 Å². The molecular formula is C23H48O4. The van der Waals surface area contributed by atoms with Gasteiger partial charge in [0.25, 0.3) is 0 Å². The van der Waals surface area contributed by atoms with Crippen LogP contribution in [0.25, 0.3) is 0 Å². The minimum absolute atomic E-state index is 0.0250. The third-order valence-corrected chi connectivity index (χ3v) is 4.25. The molecule has 0 radical (unpaired) electrons. The zero-order valence-electron chi connectivity index (χ0n) is 18.7. The Balaban J connectivity index is 0. The molecule has 0 atom stereocenters. The van der Waals surface area contributed by atoms with Crippen molar-refractivity contribution in [2.75, 3.05) is 19.8 Å². The second-order valence-electron chi connectivity index (χ2n) is 8.66. The third kappa shape index (κ3) is 30.4. The highest BCUT2D eigenvalue weighted by Gasteiger charge is 2.13. The van der Waals surface area contributed by atoms with E-state index in [-0.39, 0.29) is 24.6 Å². The van der Waals surface area contributed by atoms with E-state index in [0.717, 1.165) is 6.42 Å². The Morgan fingerprint density at radius 3 is 1.41 bits per heavy atom. The molecular weight excluding hydrogens is 340 g/mol. The fourth-order valence-corrected chi connectivity index (χ4v) is 2.66. The molecule has 0 heterocycles. The number of carbonyl (C=O) groups is 1. The van der Waals surface area contributed by atoms with Gasteiger partial charge in [0, 0.05) is 6.42 Å². The van der Waals surface area contributed by atoms with Crippen molar-refractivity contribution in [3.8, 4) is 0 Å². The Kier molecular flexibility index (Phi) is 23.0. The lowest BCUT2D eigenvalue weighted by atomic mass is 9.99. The Bertz CT molecular complexity index is 295. The van der Waals surface area contributed by atoms with Gasteiger partial charge in [0.1, 0.15) is 0 Å². The van der Waals surface area contributed by atoms with E-state index in [2.05, 4.69) is 27.7 Å². The van der Waals surface area contributed by atoms with Crippen molar-refractivity contribution in [1.29, 1.82) is 0 Å². The fraction of sp³-hybridized carbons (Fsp3) is 0.957. The van der Waals surface area contributed by atoms with Gasteiger partial charge in [-0.1, -0.05) is 105 Å². The van der Waals surface area contributed by atoms with Gasteiger partial charge in [0.05, 0.1) is 19.8 Å². The number of carbonyl (C=O) groups excluding carboxylic acids is 1. The van der Waals surface area contributed by atoms with E-state index in [1.807, 2.05) is 0 Å². The van der Waals surface area contributed by atoms with Gasteiger partial charge >= 0.3 is 5.97 Å². The average molecular weight is 389 g/mol. The first-order valence-corrected chi connectivity index (χ1v) is 11.2. The summed E-state index contributed by atoms with van der Waals surface area (Å²) >= 11 is 0. The number of hydrogen-bond acceptors (Lipinski definition) is 4. The lowest BCUT2D eigenvalue weighted by molar-refractivity contribution is -0.146. The summed E-state index contributed by atoms with van der Waals surface area (Å²) in [4.78, 5) is 11.6. The Hall–Kier alpha value is -0.610. The van der Waals surface area contributed by atoms with E-state index in [1.54, 1.807) is 0 Å². The molecule has 0 saturated heterocycles. The van der Waals surface area contributed by atoms with Crippen molar-refractivity contribution in [1.82, 2.24) is 0 Å². The first-order valence-electron chi connectivity index (χ1n) is 11.2. The summed E-state index contributed by atoms with van der Waals surface area (Å²) in [5.74, 6) is -0.0250. The number of esters is 1. The topological polar surface area (TPSA) is 66.8 Å². The van der Waals surface area contributed by atoms with Crippen LogP contribution in [0.2, 0.25) is 0 Å². The molecule has 2 N–H and O–H groups in total. The quantitative estimate of drug-likeness (QED) is 0.250. The summed E-state index contributed by atoms with van der Waals surface area (Å²) < 4.78 is 5.27. The number of hydrogen-bond donors (Lipinski definition) is 2. The van der Waals surface area contributed by atoms with Gasteiger partial charge < -0.3 is 14.9 Å². The Morgan fingerprint density at radius 2 is 1.07 bits per heavy atom. The number of ether oxygens (including phenoxy) is 1. The smallest absolute Gasteiger partial charge is 0.305 e. The van der Waals surface area contributed by atoms with Gasteiger partial charge in [-0.05, 0) is 11.8 Å². The molecule has 27 heavy (non-hydrogen) atoms. The molecule has 0 aliphatic heterocycles. The van der Waals surface area contributed by atoms with Gasteiger partial charge in [0.2, 0.25) is 0 Å². The van der Waals surface area contributed by atoms with Gasteiger partial charge in [-0.15, -0.1) is 0 Å². The maximum atomic E-state index is 11.6. The summed E-state index contributed by atoms with van der Waals surface area (Å²) in [5.41, 5.74) is 0.0751. The molecule has 0 aromatic carbocycles. The SMILES string of the molecule is CCCCCCCCCCCCCCCC(=O)OCC(C)(C)C.OCCO. The second-order valence-corrected chi connectivity index (χ2v) is 8.66. The van der Waals surface area contributed by atoms with E-state index in [0.29, 0.717) is 13.0 Å². The minimum Gasteiger partial charge on any atom is -0.465 e. The van der Waals surface area contributed by atoms with Crippen molar-refractivity contribution in [2.45, 2.75) is 118 Å². The molecule has 0 spiro atoms. The van der Waals surface area contributed by atoms with Crippen LogP contribution in [0.5, 0.6) is 0 Å². The third-order valence-electron chi connectivity index (χ3n) is 4.25. The first-order chi connectivity index (χ1) is 12.9. The zero-order chi connectivity index (χ0) is 20.8. The van der Waals surface area contributed by atoms with Gasteiger partial charge in [-0.3, -0.25) is 4.79 Å². The maximum Gasteiger partial charge on any atom is 0.305 e. The lowest BCUT2D eigenvalue weighted by Crippen LogP contribution is -2.18. The highest BCUT2D eigenvalue weighted by Crippen LogP contribution is 2.15. The van der Waals surface area contributed by atoms with Crippen LogP contribution in [-0.2, 0) is 9.53 Å². The minimum atomic E-state index is -0.125. The van der Waals surface area contributed by atoms with E-state index in [1.165, 1.54) is 77.0 Å². The van der Waals surface area contributed by atoms with Crippen LogP contribution in [0.4, 0.5) is 0 Å². The summed E-state index contributed by atoms with van der Waals surface area (Å²) in [5, 5.41) is 15.2. The van der Waals surface area contributed by atoms with Crippen molar-refractivity contribution in [3.63, 3.8) is 0 Å². The zero-order valence-corrected chi connectivity index (χ0v) is 18.7. The van der Waals surface area contributed by atoms with Gasteiger partial charge in [-0.2, -0.15) is 0 Å². The predicted molar refractivity (Wildman–Crippen MR) is 115 cm³/mol. The number of aliphatic hydroxyl groups excluding tert-OH is 2. The predicted octanol–water partition coefficient (Wildman–Crippen LogP) is 6.03. The molecule has 4 heteroatoms. The Morgan fingerprint density at radius 1 is 0.704 bits per heavy atom. The largest absolute Gasteiger partial charge is 0.465 e. The summed E-state index contributed by atoms with van der Waals surface area (Å²) in [6.07, 6.45) is 18.0. The molecule has 0 aromatic rings. The van der Waals surface area contributed by atoms with Crippen LogP contribution in [0.15, 0.2) is 0 Å². The van der Waals surface area contributed by atoms with E-state index < -0.39 is 0 Å². The number of rotatable bonds is 16. The molecule has 164 valence electrons. The van der Waals surface area contributed by atoms with Crippen LogP contribution < -0.4 is 0 Å². The molecule has 0 saturated carbocycles. The molecule has 0 aromatic heterocycles. The number of unbranched alkanes of at least 4 members (excludes halogenated alkanes) is 12. The van der Waals surface area contributed by atoms with E-state index in [4.69, 9.17) is 14.9 Å². The normalized spacial score (nSPS) is 11.0. The van der Waals surface area contributed by atoms with Crippen molar-refractivity contribution in [3.05, 3.63) is 0 Å². The first kappa shape index (κ1) is 28.6. The van der Waals surface area contributed by atoms with Crippen LogP contribution >= 0.6 is 0 Å². The highest BCUT2D eigenvalue weighted by atomic mass is 16.5. The van der Waals surface area contributed by atoms with E-state index >= 15 is 0 Å². The summed E-state index contributed by atoms with van der Waals surface area (Å²) in [6.45, 7) is 8.82. The molecule has 0 fully saturated rings.